The number of likely N-dealkylation sites (N-methyl/N-ethyl adjacent to an activating group) is 1. The maximum Gasteiger partial charge on any atom is 0.226 e. The van der Waals surface area contributed by atoms with Gasteiger partial charge in [-0.2, -0.15) is 0 Å². The predicted molar refractivity (Wildman–Crippen MR) is 197 cm³/mol. The highest BCUT2D eigenvalue weighted by Gasteiger charge is 2.34. The predicted octanol–water partition coefficient (Wildman–Crippen LogP) is 5.85. The number of hydrogen-bond donors (Lipinski definition) is 4. The minimum Gasteiger partial charge on any atom is -0.361 e. The van der Waals surface area contributed by atoms with Crippen molar-refractivity contribution in [3.8, 4) is 0 Å². The van der Waals surface area contributed by atoms with Crippen LogP contribution in [0.2, 0.25) is 5.02 Å². The van der Waals surface area contributed by atoms with Gasteiger partial charge in [0.1, 0.15) is 5.03 Å². The number of ketones is 2. The second kappa shape index (κ2) is 17.9. The number of hydrogen-bond acceptors (Lipinski definition) is 8. The number of aromatic amines is 1. The number of unbranched alkanes of at least 4 members (excludes halogenated alkanes) is 1. The Balaban J connectivity index is 1.55. The number of nitrogens with one attached hydrogen (secondary N) is 2. The Morgan fingerprint density at radius 3 is 2.53 bits per heavy atom. The molecule has 1 aliphatic rings. The fourth-order valence-electron chi connectivity index (χ4n) is 6.60. The Kier molecular flexibility index (Phi) is 13.4. The van der Waals surface area contributed by atoms with Crippen LogP contribution in [0.5, 0.6) is 0 Å². The Labute approximate surface area is 297 Å². The molecule has 0 unspecified atom stereocenters. The molecule has 0 spiro atoms. The third-order valence-electron chi connectivity index (χ3n) is 9.41. The van der Waals surface area contributed by atoms with Crippen molar-refractivity contribution in [3.05, 3.63) is 88.7 Å². The van der Waals surface area contributed by atoms with Crippen molar-refractivity contribution in [2.45, 2.75) is 86.3 Å². The number of nitrogens with two attached hydrogens (primary N) is 2. The molecule has 0 saturated heterocycles. The fraction of sp³-hybridized carbons (Fsp3) is 0.421. The number of rotatable bonds is 9. The van der Waals surface area contributed by atoms with Gasteiger partial charge < -0.3 is 26.7 Å². The molecule has 0 bridgehead atoms. The Morgan fingerprint density at radius 2 is 1.71 bits per heavy atom. The molecule has 5 rings (SSSR count). The summed E-state index contributed by atoms with van der Waals surface area (Å²) in [5.41, 5.74) is 15.5. The highest BCUT2D eigenvalue weighted by atomic mass is 35.5. The molecule has 6 N–H and O–H groups in total. The van der Waals surface area contributed by atoms with Crippen molar-refractivity contribution in [1.82, 2.24) is 20.2 Å². The van der Waals surface area contributed by atoms with Crippen molar-refractivity contribution < 1.29 is 14.4 Å². The van der Waals surface area contributed by atoms with Crippen LogP contribution in [0.1, 0.15) is 61.6 Å². The van der Waals surface area contributed by atoms with E-state index in [1.165, 1.54) is 11.8 Å². The van der Waals surface area contributed by atoms with Crippen molar-refractivity contribution in [3.63, 3.8) is 0 Å². The summed E-state index contributed by atoms with van der Waals surface area (Å²) in [5, 5.41) is 5.78. The lowest BCUT2D eigenvalue weighted by Gasteiger charge is -2.31. The molecular formula is C38H47ClN6O3S. The van der Waals surface area contributed by atoms with Crippen LogP contribution in [0, 0.1) is 5.92 Å². The van der Waals surface area contributed by atoms with Gasteiger partial charge in [0.2, 0.25) is 5.91 Å². The molecule has 3 atom stereocenters. The van der Waals surface area contributed by atoms with Crippen LogP contribution in [0.15, 0.2) is 76.9 Å². The first-order chi connectivity index (χ1) is 23.8. The monoisotopic (exact) mass is 702 g/mol. The Bertz CT molecular complexity index is 1750. The number of H-pyrrole nitrogens is 1. The zero-order valence-electron chi connectivity index (χ0n) is 28.1. The highest BCUT2D eigenvalue weighted by molar-refractivity contribution is 7.99. The van der Waals surface area contributed by atoms with E-state index in [2.05, 4.69) is 15.3 Å². The van der Waals surface area contributed by atoms with Gasteiger partial charge in [-0.1, -0.05) is 66.2 Å². The summed E-state index contributed by atoms with van der Waals surface area (Å²) in [4.78, 5) is 53.3. The molecule has 0 fully saturated rings. The Hall–Kier alpha value is -3.54. The summed E-state index contributed by atoms with van der Waals surface area (Å²) in [6.07, 6.45) is 7.79. The van der Waals surface area contributed by atoms with Gasteiger partial charge in [0, 0.05) is 67.0 Å². The van der Waals surface area contributed by atoms with Crippen LogP contribution < -0.4 is 16.8 Å². The largest absolute Gasteiger partial charge is 0.361 e. The van der Waals surface area contributed by atoms with Gasteiger partial charge >= 0.3 is 0 Å². The average molecular weight is 703 g/mol. The van der Waals surface area contributed by atoms with E-state index in [9.17, 15) is 14.4 Å². The number of carbonyl (C=O) groups excluding carboxylic acids is 3. The average Bonchev–Trinajstić information content (AvgIpc) is 3.52. The lowest BCUT2D eigenvalue weighted by atomic mass is 9.89. The van der Waals surface area contributed by atoms with E-state index in [1.54, 1.807) is 18.1 Å². The number of fused-ring (bicyclic) bond motifs is 3. The topological polar surface area (TPSA) is 147 Å². The molecule has 0 saturated carbocycles. The minimum absolute atomic E-state index is 0.0245. The maximum atomic E-state index is 14.4. The molecule has 2 aromatic heterocycles. The summed E-state index contributed by atoms with van der Waals surface area (Å²) < 4.78 is 0. The van der Waals surface area contributed by atoms with E-state index >= 15 is 0 Å². The molecule has 260 valence electrons. The van der Waals surface area contributed by atoms with Crippen LogP contribution in [-0.4, -0.2) is 64.6 Å². The number of amides is 1. The summed E-state index contributed by atoms with van der Waals surface area (Å²) in [5.74, 6) is -0.858. The second-order valence-electron chi connectivity index (χ2n) is 12.8. The molecule has 11 heteroatoms. The van der Waals surface area contributed by atoms with E-state index in [-0.39, 0.29) is 30.3 Å². The van der Waals surface area contributed by atoms with E-state index in [0.717, 1.165) is 43.9 Å². The molecule has 0 aliphatic carbocycles. The quantitative estimate of drug-likeness (QED) is 0.159. The molecule has 0 radical (unpaired) electrons. The van der Waals surface area contributed by atoms with Crippen LogP contribution in [0.25, 0.3) is 10.9 Å². The van der Waals surface area contributed by atoms with E-state index in [0.29, 0.717) is 63.2 Å². The summed E-state index contributed by atoms with van der Waals surface area (Å²) in [7, 11) is 1.71. The molecule has 2 aromatic carbocycles. The number of aromatic nitrogens is 2. The molecular weight excluding hydrogens is 656 g/mol. The first-order valence-electron chi connectivity index (χ1n) is 17.2. The molecule has 4 aromatic rings. The van der Waals surface area contributed by atoms with Gasteiger partial charge in [0.15, 0.2) is 11.6 Å². The first-order valence-corrected chi connectivity index (χ1v) is 18.4. The third kappa shape index (κ3) is 9.58. The smallest absolute Gasteiger partial charge is 0.226 e. The lowest BCUT2D eigenvalue weighted by molar-refractivity contribution is -0.143. The lowest BCUT2D eigenvalue weighted by Crippen LogP contribution is -2.47. The first kappa shape index (κ1) is 36.7. The van der Waals surface area contributed by atoms with Gasteiger partial charge in [-0.25, -0.2) is 4.98 Å². The molecule has 1 amide bonds. The molecule has 49 heavy (non-hydrogen) atoms. The highest BCUT2D eigenvalue weighted by Crippen LogP contribution is 2.34. The van der Waals surface area contributed by atoms with Crippen LogP contribution in [0.4, 0.5) is 0 Å². The summed E-state index contributed by atoms with van der Waals surface area (Å²) in [6, 6.07) is 16.6. The zero-order chi connectivity index (χ0) is 34.8. The van der Waals surface area contributed by atoms with Crippen molar-refractivity contribution in [2.75, 3.05) is 20.1 Å². The number of benzene rings is 2. The van der Waals surface area contributed by atoms with Crippen LogP contribution >= 0.6 is 23.4 Å². The normalized spacial score (nSPS) is 19.9. The maximum absolute atomic E-state index is 14.4. The van der Waals surface area contributed by atoms with Crippen molar-refractivity contribution in [1.29, 1.82) is 0 Å². The van der Waals surface area contributed by atoms with Crippen molar-refractivity contribution >= 4 is 51.7 Å². The summed E-state index contributed by atoms with van der Waals surface area (Å²) in [6.45, 7) is 1.43. The number of aryl methyl sites for hydroxylation is 1. The standard InChI is InChI=1S/C38H47ClN6O3S/c1-45-33(20-28-23-42-31-12-4-3-11-30(28)31)34(46)16-15-25-19-29(39)24-44-37(25)49-36-14-5-2-10-27(36)22-43-32(13-8-18-41)35(47)21-26(38(45)48)9-6-7-17-40/h2-5,10-12,14,19,23-24,26,32-33,42-43H,6-9,13,15-18,20-22,40-41H2,1H3/t26-,32+,33+/m1/s1. The number of nitrogens with zero attached hydrogens (tertiary/aromatic N) is 2. The number of pyridine rings is 1. The van der Waals surface area contributed by atoms with E-state index in [1.807, 2.05) is 60.8 Å². The van der Waals surface area contributed by atoms with Gasteiger partial charge in [-0.05, 0) is 80.1 Å². The zero-order valence-corrected chi connectivity index (χ0v) is 29.7. The molecule has 1 aliphatic heterocycles. The van der Waals surface area contributed by atoms with Crippen LogP contribution in [0.3, 0.4) is 0 Å². The third-order valence-corrected chi connectivity index (χ3v) is 10.8. The number of Topliss-reactive ketones (excluding diaryl/α,β-unsaturated/α-hetero) is 2. The minimum atomic E-state index is -0.732. The van der Waals surface area contributed by atoms with E-state index in [4.69, 9.17) is 23.1 Å². The van der Waals surface area contributed by atoms with Gasteiger partial charge in [-0.15, -0.1) is 0 Å². The number of carbonyl (C=O) groups is 3. The van der Waals surface area contributed by atoms with Gasteiger partial charge in [-0.3, -0.25) is 14.4 Å². The van der Waals surface area contributed by atoms with Crippen LogP contribution in [-0.2, 0) is 33.8 Å². The number of para-hydroxylation sites is 1. The fourth-order valence-corrected chi connectivity index (χ4v) is 7.80. The Morgan fingerprint density at radius 1 is 0.939 bits per heavy atom. The summed E-state index contributed by atoms with van der Waals surface area (Å²) >= 11 is 7.96. The van der Waals surface area contributed by atoms with Crippen molar-refractivity contribution in [2.24, 2.45) is 17.4 Å². The van der Waals surface area contributed by atoms with Gasteiger partial charge in [0.05, 0.1) is 17.1 Å². The second-order valence-corrected chi connectivity index (χ2v) is 14.3. The SMILES string of the molecule is CN1C(=O)[C@H](CCCCN)CC(=O)[C@H](CCCN)NCc2ccccc2Sc2ncc(Cl)cc2CCC(=O)[C@@H]1Cc1c[nH]c2ccccc12. The van der Waals surface area contributed by atoms with Gasteiger partial charge in [0.25, 0.3) is 0 Å². The number of halogens is 1. The molecule has 3 heterocycles. The van der Waals surface area contributed by atoms with E-state index < -0.39 is 18.0 Å². The molecule has 9 nitrogen and oxygen atoms in total.